The minimum Gasteiger partial charge on any atom is -0.493 e. The molecule has 0 aliphatic carbocycles. The smallest absolute Gasteiger partial charge is 0.387 e. The van der Waals surface area contributed by atoms with E-state index in [9.17, 15) is 13.6 Å². The number of amides is 1. The number of hydrogen-bond acceptors (Lipinski definition) is 8. The van der Waals surface area contributed by atoms with E-state index in [1.165, 1.54) is 41.6 Å². The van der Waals surface area contributed by atoms with E-state index in [2.05, 4.69) is 30.4 Å². The summed E-state index contributed by atoms with van der Waals surface area (Å²) in [5.41, 5.74) is 1.51. The van der Waals surface area contributed by atoms with Crippen LogP contribution in [0.3, 0.4) is 0 Å². The van der Waals surface area contributed by atoms with Gasteiger partial charge in [-0.15, -0.1) is 11.3 Å². The van der Waals surface area contributed by atoms with Crippen LogP contribution in [0.4, 0.5) is 19.9 Å². The lowest BCUT2D eigenvalue weighted by Crippen LogP contribution is -2.31. The van der Waals surface area contributed by atoms with E-state index in [0.717, 1.165) is 0 Å². The number of methoxy groups -OCH3 is 1. The van der Waals surface area contributed by atoms with Gasteiger partial charge < -0.3 is 14.8 Å². The van der Waals surface area contributed by atoms with E-state index in [0.29, 0.717) is 27.9 Å². The maximum atomic E-state index is 13.1. The van der Waals surface area contributed by atoms with Gasteiger partial charge in [-0.1, -0.05) is 6.07 Å². The summed E-state index contributed by atoms with van der Waals surface area (Å²) in [6.45, 7) is -1.25. The highest BCUT2D eigenvalue weighted by Crippen LogP contribution is 2.39. The summed E-state index contributed by atoms with van der Waals surface area (Å²) in [7, 11) is 1.35. The SMILES string of the molecule is COc1cc([C@H]2C(C(=O)Nc3nccs3)=C(C)Nc3ncnn32)ccc1OC(F)F. The predicted molar refractivity (Wildman–Crippen MR) is 105 cm³/mol. The maximum absolute atomic E-state index is 13.1. The Morgan fingerprint density at radius 2 is 2.17 bits per heavy atom. The Morgan fingerprint density at radius 1 is 1.33 bits per heavy atom. The largest absolute Gasteiger partial charge is 0.493 e. The van der Waals surface area contributed by atoms with Crippen molar-refractivity contribution in [3.63, 3.8) is 0 Å². The second kappa shape index (κ2) is 8.06. The fourth-order valence-corrected chi connectivity index (χ4v) is 3.71. The van der Waals surface area contributed by atoms with Crippen molar-refractivity contribution in [2.24, 2.45) is 0 Å². The van der Waals surface area contributed by atoms with Gasteiger partial charge in [0, 0.05) is 17.3 Å². The van der Waals surface area contributed by atoms with Gasteiger partial charge in [-0.2, -0.15) is 18.9 Å². The molecule has 9 nitrogen and oxygen atoms in total. The number of aromatic nitrogens is 4. The van der Waals surface area contributed by atoms with Gasteiger partial charge in [0.25, 0.3) is 5.91 Å². The molecule has 0 fully saturated rings. The highest BCUT2D eigenvalue weighted by molar-refractivity contribution is 7.13. The van der Waals surface area contributed by atoms with Crippen LogP contribution < -0.4 is 20.1 Å². The summed E-state index contributed by atoms with van der Waals surface area (Å²) < 4.78 is 36.6. The number of anilines is 2. The molecule has 0 spiro atoms. The van der Waals surface area contributed by atoms with Crippen molar-refractivity contribution in [1.29, 1.82) is 0 Å². The molecule has 0 saturated heterocycles. The van der Waals surface area contributed by atoms with Crippen LogP contribution in [-0.2, 0) is 4.79 Å². The zero-order chi connectivity index (χ0) is 21.3. The number of nitrogens with one attached hydrogen (secondary N) is 2. The molecule has 30 heavy (non-hydrogen) atoms. The zero-order valence-electron chi connectivity index (χ0n) is 15.8. The summed E-state index contributed by atoms with van der Waals surface area (Å²) >= 11 is 1.29. The number of hydrogen-bond donors (Lipinski definition) is 2. The summed E-state index contributed by atoms with van der Waals surface area (Å²) in [5.74, 6) is 0.0481. The van der Waals surface area contributed by atoms with Crippen molar-refractivity contribution < 1.29 is 23.0 Å². The second-order valence-electron chi connectivity index (χ2n) is 6.17. The first kappa shape index (κ1) is 19.8. The van der Waals surface area contributed by atoms with Gasteiger partial charge in [-0.05, 0) is 24.6 Å². The van der Waals surface area contributed by atoms with Crippen LogP contribution in [0.15, 0.2) is 47.4 Å². The van der Waals surface area contributed by atoms with Gasteiger partial charge in [0.2, 0.25) is 5.95 Å². The fourth-order valence-electron chi connectivity index (χ4n) is 3.19. The molecule has 12 heteroatoms. The van der Waals surface area contributed by atoms with Crippen molar-refractivity contribution in [2.45, 2.75) is 19.6 Å². The molecule has 1 aromatic carbocycles. The number of carbonyl (C=O) groups is 1. The summed E-state index contributed by atoms with van der Waals surface area (Å²) in [6.07, 6.45) is 2.94. The quantitative estimate of drug-likeness (QED) is 0.614. The standard InChI is InChI=1S/C18H16F2N6O3S/c1-9-13(15(27)25-18-21-5-6-30-18)14(26-17(24-9)22-8-23-26)10-3-4-11(29-16(19)20)12(7-10)28-2/h3-8,14,16H,1-2H3,(H,21,25,27)(H,22,23,24)/t14-/m0/s1. The van der Waals surface area contributed by atoms with Crippen molar-refractivity contribution in [1.82, 2.24) is 19.7 Å². The van der Waals surface area contributed by atoms with Crippen LogP contribution >= 0.6 is 11.3 Å². The van der Waals surface area contributed by atoms with Gasteiger partial charge >= 0.3 is 6.61 Å². The molecular weight excluding hydrogens is 418 g/mol. The normalized spacial score (nSPS) is 15.6. The summed E-state index contributed by atoms with van der Waals surface area (Å²) in [6, 6.07) is 3.79. The third-order valence-corrected chi connectivity index (χ3v) is 5.10. The number of rotatable bonds is 6. The van der Waals surface area contributed by atoms with Crippen LogP contribution in [0.1, 0.15) is 18.5 Å². The Labute approximate surface area is 173 Å². The van der Waals surface area contributed by atoms with E-state index >= 15 is 0 Å². The third kappa shape index (κ3) is 3.68. The maximum Gasteiger partial charge on any atom is 0.387 e. The minimum absolute atomic E-state index is 0.102. The number of fused-ring (bicyclic) bond motifs is 1. The van der Waals surface area contributed by atoms with Gasteiger partial charge in [0.1, 0.15) is 12.4 Å². The summed E-state index contributed by atoms with van der Waals surface area (Å²) in [5, 5.41) is 12.2. The molecule has 2 N–H and O–H groups in total. The lowest BCUT2D eigenvalue weighted by molar-refractivity contribution is -0.113. The van der Waals surface area contributed by atoms with Crippen LogP contribution in [0.2, 0.25) is 0 Å². The second-order valence-corrected chi connectivity index (χ2v) is 7.07. The van der Waals surface area contributed by atoms with Crippen molar-refractivity contribution in [3.05, 3.63) is 52.9 Å². The van der Waals surface area contributed by atoms with E-state index in [1.54, 1.807) is 24.6 Å². The molecular formula is C18H16F2N6O3S. The van der Waals surface area contributed by atoms with E-state index in [-0.39, 0.29) is 17.4 Å². The van der Waals surface area contributed by atoms with Crippen molar-refractivity contribution in [2.75, 3.05) is 17.7 Å². The van der Waals surface area contributed by atoms with E-state index in [1.807, 2.05) is 0 Å². The first-order chi connectivity index (χ1) is 14.5. The van der Waals surface area contributed by atoms with Crippen molar-refractivity contribution >= 4 is 28.3 Å². The van der Waals surface area contributed by atoms with Crippen LogP contribution in [-0.4, -0.2) is 39.4 Å². The molecule has 1 amide bonds. The van der Waals surface area contributed by atoms with E-state index in [4.69, 9.17) is 4.74 Å². The molecule has 156 valence electrons. The molecule has 3 aromatic rings. The summed E-state index contributed by atoms with van der Waals surface area (Å²) in [4.78, 5) is 21.3. The number of halogens is 2. The Kier molecular flexibility index (Phi) is 5.31. The molecule has 0 bridgehead atoms. The average Bonchev–Trinajstić information content (AvgIpc) is 3.38. The van der Waals surface area contributed by atoms with Crippen LogP contribution in [0.5, 0.6) is 11.5 Å². The minimum atomic E-state index is -2.99. The van der Waals surface area contributed by atoms with Gasteiger partial charge in [-0.3, -0.25) is 10.1 Å². The van der Waals surface area contributed by atoms with Gasteiger partial charge in [0.05, 0.1) is 12.7 Å². The number of allylic oxidation sites excluding steroid dienone is 1. The fraction of sp³-hybridized carbons (Fsp3) is 0.222. The number of thiazole rings is 1. The van der Waals surface area contributed by atoms with E-state index < -0.39 is 12.7 Å². The predicted octanol–water partition coefficient (Wildman–Crippen LogP) is 3.27. The molecule has 2 aromatic heterocycles. The average molecular weight is 434 g/mol. The molecule has 0 radical (unpaired) electrons. The monoisotopic (exact) mass is 434 g/mol. The molecule has 1 aliphatic rings. The number of carbonyl (C=O) groups excluding carboxylic acids is 1. The first-order valence-corrected chi connectivity index (χ1v) is 9.56. The number of alkyl halides is 2. The molecule has 4 rings (SSSR count). The lowest BCUT2D eigenvalue weighted by atomic mass is 9.94. The zero-order valence-corrected chi connectivity index (χ0v) is 16.6. The number of benzene rings is 1. The topological polar surface area (TPSA) is 103 Å². The van der Waals surface area contributed by atoms with Crippen molar-refractivity contribution in [3.8, 4) is 11.5 Å². The lowest BCUT2D eigenvalue weighted by Gasteiger charge is -2.29. The van der Waals surface area contributed by atoms with Gasteiger partial charge in [-0.25, -0.2) is 9.67 Å². The van der Waals surface area contributed by atoms with Crippen LogP contribution in [0.25, 0.3) is 0 Å². The highest BCUT2D eigenvalue weighted by Gasteiger charge is 2.34. The molecule has 3 heterocycles. The molecule has 1 aliphatic heterocycles. The highest BCUT2D eigenvalue weighted by atomic mass is 32.1. The molecule has 0 saturated carbocycles. The Bertz CT molecular complexity index is 1100. The number of ether oxygens (including phenoxy) is 2. The molecule has 0 unspecified atom stereocenters. The van der Waals surface area contributed by atoms with Gasteiger partial charge in [0.15, 0.2) is 16.6 Å². The third-order valence-electron chi connectivity index (χ3n) is 4.41. The van der Waals surface area contributed by atoms with Crippen LogP contribution in [0, 0.1) is 0 Å². The number of nitrogens with zero attached hydrogens (tertiary/aromatic N) is 4. The Hall–Kier alpha value is -3.54. The first-order valence-electron chi connectivity index (χ1n) is 8.68. The molecule has 1 atom stereocenters. The Balaban J connectivity index is 1.77. The Morgan fingerprint density at radius 3 is 2.87 bits per heavy atom.